The van der Waals surface area contributed by atoms with Gasteiger partial charge in [0.1, 0.15) is 11.0 Å². The largest absolute Gasteiger partial charge is 0.376 e. The van der Waals surface area contributed by atoms with E-state index in [2.05, 4.69) is 39.3 Å². The van der Waals surface area contributed by atoms with Crippen LogP contribution in [0.1, 0.15) is 33.1 Å². The Morgan fingerprint density at radius 3 is 2.80 bits per heavy atom. The van der Waals surface area contributed by atoms with Gasteiger partial charge in [-0.2, -0.15) is 4.98 Å². The Morgan fingerprint density at radius 2 is 2.12 bits per heavy atom. The standard InChI is InChI=1S/C17H26ClN5OS/c1-11-6-12(2)10-23(9-11)15-7-14(18)20-16(21-15)22-17(25)19-8-13-4-3-5-24-13/h7,11-13H,3-6,8-10H2,1-2H3,(H2,19,20,21,22,25). The topological polar surface area (TPSA) is 62.3 Å². The fourth-order valence-corrected chi connectivity index (χ4v) is 3.98. The van der Waals surface area contributed by atoms with Crippen molar-refractivity contribution in [1.29, 1.82) is 0 Å². The second kappa shape index (κ2) is 8.47. The van der Waals surface area contributed by atoms with Gasteiger partial charge in [0.15, 0.2) is 5.11 Å². The van der Waals surface area contributed by atoms with Gasteiger partial charge in [0.05, 0.1) is 6.10 Å². The zero-order valence-electron chi connectivity index (χ0n) is 14.8. The van der Waals surface area contributed by atoms with Crippen molar-refractivity contribution < 1.29 is 4.74 Å². The van der Waals surface area contributed by atoms with Crippen molar-refractivity contribution in [2.75, 3.05) is 36.5 Å². The number of aromatic nitrogens is 2. The Labute approximate surface area is 159 Å². The van der Waals surface area contributed by atoms with Gasteiger partial charge < -0.3 is 20.3 Å². The molecule has 3 rings (SSSR count). The van der Waals surface area contributed by atoms with E-state index in [-0.39, 0.29) is 6.10 Å². The number of rotatable bonds is 4. The maximum absolute atomic E-state index is 6.20. The summed E-state index contributed by atoms with van der Waals surface area (Å²) in [7, 11) is 0. The molecule has 6 nitrogen and oxygen atoms in total. The molecule has 1 aromatic rings. The monoisotopic (exact) mass is 383 g/mol. The van der Waals surface area contributed by atoms with Gasteiger partial charge in [0, 0.05) is 32.3 Å². The Kier molecular flexibility index (Phi) is 6.30. The highest BCUT2D eigenvalue weighted by molar-refractivity contribution is 7.80. The highest BCUT2D eigenvalue weighted by atomic mass is 35.5. The van der Waals surface area contributed by atoms with Crippen LogP contribution >= 0.6 is 23.8 Å². The van der Waals surface area contributed by atoms with E-state index in [4.69, 9.17) is 28.6 Å². The molecule has 2 fully saturated rings. The molecule has 25 heavy (non-hydrogen) atoms. The average Bonchev–Trinajstić information content (AvgIpc) is 3.05. The quantitative estimate of drug-likeness (QED) is 0.611. The second-order valence-corrected chi connectivity index (χ2v) is 7.99. The van der Waals surface area contributed by atoms with E-state index in [1.807, 2.05) is 6.07 Å². The summed E-state index contributed by atoms with van der Waals surface area (Å²) >= 11 is 11.5. The normalized spacial score (nSPS) is 26.5. The van der Waals surface area contributed by atoms with Crippen molar-refractivity contribution in [1.82, 2.24) is 15.3 Å². The lowest BCUT2D eigenvalue weighted by Crippen LogP contribution is -2.39. The molecule has 0 radical (unpaired) electrons. The molecule has 0 bridgehead atoms. The number of nitrogens with zero attached hydrogens (tertiary/aromatic N) is 3. The van der Waals surface area contributed by atoms with E-state index in [9.17, 15) is 0 Å². The summed E-state index contributed by atoms with van der Waals surface area (Å²) in [6.07, 6.45) is 3.66. The third kappa shape index (κ3) is 5.39. The van der Waals surface area contributed by atoms with Gasteiger partial charge in [-0.1, -0.05) is 25.4 Å². The third-order valence-electron chi connectivity index (χ3n) is 4.61. The second-order valence-electron chi connectivity index (χ2n) is 7.19. The molecular weight excluding hydrogens is 358 g/mol. The molecule has 2 saturated heterocycles. The van der Waals surface area contributed by atoms with Crippen LogP contribution in [0.3, 0.4) is 0 Å². The van der Waals surface area contributed by atoms with E-state index < -0.39 is 0 Å². The maximum atomic E-state index is 6.20. The van der Waals surface area contributed by atoms with Gasteiger partial charge in [0.25, 0.3) is 0 Å². The van der Waals surface area contributed by atoms with Gasteiger partial charge in [-0.05, 0) is 43.3 Å². The number of anilines is 2. The van der Waals surface area contributed by atoms with Gasteiger partial charge >= 0.3 is 0 Å². The fraction of sp³-hybridized carbons (Fsp3) is 0.706. The smallest absolute Gasteiger partial charge is 0.232 e. The van der Waals surface area contributed by atoms with Crippen molar-refractivity contribution in [3.05, 3.63) is 11.2 Å². The summed E-state index contributed by atoms with van der Waals surface area (Å²) in [6, 6.07) is 1.82. The van der Waals surface area contributed by atoms with Crippen LogP contribution in [0.2, 0.25) is 5.15 Å². The Morgan fingerprint density at radius 1 is 1.36 bits per heavy atom. The minimum atomic E-state index is 0.229. The first-order chi connectivity index (χ1) is 12.0. The number of nitrogens with one attached hydrogen (secondary N) is 2. The van der Waals surface area contributed by atoms with E-state index in [0.717, 1.165) is 38.4 Å². The molecule has 138 valence electrons. The lowest BCUT2D eigenvalue weighted by Gasteiger charge is -2.35. The average molecular weight is 384 g/mol. The lowest BCUT2D eigenvalue weighted by atomic mass is 9.92. The number of piperidine rings is 1. The van der Waals surface area contributed by atoms with Crippen LogP contribution in [0.25, 0.3) is 0 Å². The van der Waals surface area contributed by atoms with Gasteiger partial charge in [-0.25, -0.2) is 4.98 Å². The van der Waals surface area contributed by atoms with Crippen LogP contribution in [0.4, 0.5) is 11.8 Å². The molecule has 3 unspecified atom stereocenters. The highest BCUT2D eigenvalue weighted by Crippen LogP contribution is 2.27. The predicted octanol–water partition coefficient (Wildman–Crippen LogP) is 3.08. The Balaban J connectivity index is 1.61. The number of ether oxygens (including phenoxy) is 1. The number of halogens is 1. The first-order valence-electron chi connectivity index (χ1n) is 8.95. The van der Waals surface area contributed by atoms with Crippen LogP contribution in [-0.2, 0) is 4.74 Å². The van der Waals surface area contributed by atoms with E-state index >= 15 is 0 Å². The molecule has 2 aliphatic heterocycles. The first kappa shape index (κ1) is 18.6. The van der Waals surface area contributed by atoms with Crippen LogP contribution in [0.5, 0.6) is 0 Å². The number of hydrogen-bond donors (Lipinski definition) is 2. The van der Waals surface area contributed by atoms with Crippen molar-refractivity contribution in [3.63, 3.8) is 0 Å². The van der Waals surface area contributed by atoms with Crippen LogP contribution < -0.4 is 15.5 Å². The molecule has 8 heteroatoms. The third-order valence-corrected chi connectivity index (χ3v) is 5.05. The van der Waals surface area contributed by atoms with Gasteiger partial charge in [-0.3, -0.25) is 0 Å². The highest BCUT2D eigenvalue weighted by Gasteiger charge is 2.23. The van der Waals surface area contributed by atoms with E-state index in [1.165, 1.54) is 6.42 Å². The van der Waals surface area contributed by atoms with Crippen LogP contribution in [-0.4, -0.2) is 47.4 Å². The summed E-state index contributed by atoms with van der Waals surface area (Å²) < 4.78 is 5.58. The Hall–Kier alpha value is -1.18. The zero-order chi connectivity index (χ0) is 17.8. The van der Waals surface area contributed by atoms with Crippen molar-refractivity contribution in [2.45, 2.75) is 39.2 Å². The molecular formula is C17H26ClN5OS. The summed E-state index contributed by atoms with van der Waals surface area (Å²) in [5, 5.41) is 7.11. The van der Waals surface area contributed by atoms with Gasteiger partial charge in [0.2, 0.25) is 5.95 Å². The molecule has 0 aromatic carbocycles. The van der Waals surface area contributed by atoms with Crippen molar-refractivity contribution >= 4 is 40.7 Å². The predicted molar refractivity (Wildman–Crippen MR) is 105 cm³/mol. The maximum Gasteiger partial charge on any atom is 0.232 e. The van der Waals surface area contributed by atoms with Crippen molar-refractivity contribution in [3.8, 4) is 0 Å². The molecule has 3 heterocycles. The van der Waals surface area contributed by atoms with E-state index in [1.54, 1.807) is 0 Å². The molecule has 1 aromatic heterocycles. The molecule has 0 amide bonds. The zero-order valence-corrected chi connectivity index (χ0v) is 16.4. The Bertz CT molecular complexity index is 601. The number of thiocarbonyl (C=S) groups is 1. The molecule has 2 N–H and O–H groups in total. The van der Waals surface area contributed by atoms with Crippen LogP contribution in [0.15, 0.2) is 6.07 Å². The first-order valence-corrected chi connectivity index (χ1v) is 9.74. The van der Waals surface area contributed by atoms with Crippen LogP contribution in [0, 0.1) is 11.8 Å². The molecule has 2 aliphatic rings. The minimum absolute atomic E-state index is 0.229. The SMILES string of the molecule is CC1CC(C)CN(c2cc(Cl)nc(NC(=S)NCC3CCCO3)n2)C1. The van der Waals surface area contributed by atoms with Gasteiger partial charge in [-0.15, -0.1) is 0 Å². The summed E-state index contributed by atoms with van der Waals surface area (Å²) in [5.74, 6) is 2.56. The molecule has 0 saturated carbocycles. The summed E-state index contributed by atoms with van der Waals surface area (Å²) in [5.41, 5.74) is 0. The molecule has 0 spiro atoms. The molecule has 0 aliphatic carbocycles. The lowest BCUT2D eigenvalue weighted by molar-refractivity contribution is 0.114. The fourth-order valence-electron chi connectivity index (χ4n) is 3.63. The summed E-state index contributed by atoms with van der Waals surface area (Å²) in [6.45, 7) is 8.04. The minimum Gasteiger partial charge on any atom is -0.376 e. The van der Waals surface area contributed by atoms with E-state index in [0.29, 0.717) is 34.6 Å². The summed E-state index contributed by atoms with van der Waals surface area (Å²) in [4.78, 5) is 11.1. The molecule has 3 atom stereocenters. The van der Waals surface area contributed by atoms with Crippen molar-refractivity contribution in [2.24, 2.45) is 11.8 Å². The number of hydrogen-bond acceptors (Lipinski definition) is 5.